The van der Waals surface area contributed by atoms with E-state index in [9.17, 15) is 9.59 Å². The maximum atomic E-state index is 13.0. The molecule has 4 bridgehead atoms. The molecule has 0 heterocycles. The number of ether oxygens (including phenoxy) is 3. The van der Waals surface area contributed by atoms with Gasteiger partial charge < -0.3 is 14.2 Å². The van der Waals surface area contributed by atoms with E-state index < -0.39 is 5.97 Å². The Morgan fingerprint density at radius 1 is 0.960 bits per heavy atom. The van der Waals surface area contributed by atoms with Crippen LogP contribution in [0.4, 0.5) is 0 Å². The van der Waals surface area contributed by atoms with E-state index >= 15 is 0 Å². The largest absolute Gasteiger partial charge is 0.493 e. The van der Waals surface area contributed by atoms with Gasteiger partial charge in [0, 0.05) is 0 Å². The van der Waals surface area contributed by atoms with Gasteiger partial charge >= 0.3 is 11.9 Å². The van der Waals surface area contributed by atoms with Crippen LogP contribution in [0.15, 0.2) is 18.2 Å². The van der Waals surface area contributed by atoms with E-state index in [-0.39, 0.29) is 11.4 Å². The predicted octanol–water partition coefficient (Wildman–Crippen LogP) is 3.60. The van der Waals surface area contributed by atoms with Crippen molar-refractivity contribution >= 4 is 11.9 Å². The van der Waals surface area contributed by atoms with Gasteiger partial charge in [0.1, 0.15) is 0 Å². The summed E-state index contributed by atoms with van der Waals surface area (Å²) in [5, 5.41) is 0. The van der Waals surface area contributed by atoms with Crippen LogP contribution in [0, 0.1) is 23.2 Å². The lowest BCUT2D eigenvalue weighted by molar-refractivity contribution is -0.161. The summed E-state index contributed by atoms with van der Waals surface area (Å²) in [6.07, 6.45) is 6.72. The maximum Gasteiger partial charge on any atom is 0.337 e. The molecule has 0 spiro atoms. The number of hydrogen-bond donors (Lipinski definition) is 0. The van der Waals surface area contributed by atoms with Gasteiger partial charge in [-0.15, -0.1) is 0 Å². The third-order valence-electron chi connectivity index (χ3n) is 6.26. The number of esters is 2. The summed E-state index contributed by atoms with van der Waals surface area (Å²) in [6, 6.07) is 4.76. The highest BCUT2D eigenvalue weighted by molar-refractivity contribution is 5.90. The molecule has 1 aromatic rings. The van der Waals surface area contributed by atoms with Crippen molar-refractivity contribution in [3.05, 3.63) is 23.8 Å². The Morgan fingerprint density at radius 3 is 2.08 bits per heavy atom. The van der Waals surface area contributed by atoms with Crippen LogP contribution in [0.3, 0.4) is 0 Å². The van der Waals surface area contributed by atoms with Gasteiger partial charge in [-0.1, -0.05) is 0 Å². The minimum atomic E-state index is -0.447. The van der Waals surface area contributed by atoms with E-state index in [1.165, 1.54) is 33.5 Å². The van der Waals surface area contributed by atoms with Crippen LogP contribution >= 0.6 is 0 Å². The van der Waals surface area contributed by atoms with Gasteiger partial charge in [0.25, 0.3) is 0 Å². The fourth-order valence-corrected chi connectivity index (χ4v) is 5.57. The van der Waals surface area contributed by atoms with Crippen molar-refractivity contribution in [2.45, 2.75) is 38.5 Å². The van der Waals surface area contributed by atoms with Crippen LogP contribution in [0.2, 0.25) is 0 Å². The molecule has 0 N–H and O–H groups in total. The average Bonchev–Trinajstić information content (AvgIpc) is 2.60. The Labute approximate surface area is 147 Å². The minimum absolute atomic E-state index is 0.129. The monoisotopic (exact) mass is 344 g/mol. The lowest BCUT2D eigenvalue weighted by Crippen LogP contribution is -2.51. The number of carbonyl (C=O) groups is 2. The van der Waals surface area contributed by atoms with E-state index in [1.54, 1.807) is 18.2 Å². The van der Waals surface area contributed by atoms with Gasteiger partial charge in [0.15, 0.2) is 11.5 Å². The number of carbonyl (C=O) groups excluding carboxylic acids is 2. The van der Waals surface area contributed by atoms with Crippen LogP contribution < -0.4 is 9.47 Å². The second-order valence-electron chi connectivity index (χ2n) is 7.94. The number of rotatable bonds is 4. The molecule has 5 heteroatoms. The van der Waals surface area contributed by atoms with Gasteiger partial charge in [0.05, 0.1) is 25.2 Å². The topological polar surface area (TPSA) is 61.8 Å². The van der Waals surface area contributed by atoms with Crippen LogP contribution in [0.1, 0.15) is 48.9 Å². The molecule has 134 valence electrons. The summed E-state index contributed by atoms with van der Waals surface area (Å²) >= 11 is 0. The Bertz CT molecular complexity index is 673. The van der Waals surface area contributed by atoms with Crippen LogP contribution in [-0.4, -0.2) is 26.2 Å². The Kier molecular flexibility index (Phi) is 3.97. The molecule has 0 aliphatic heterocycles. The molecule has 4 aliphatic rings. The normalized spacial score (nSPS) is 32.3. The highest BCUT2D eigenvalue weighted by Crippen LogP contribution is 2.60. The zero-order chi connectivity index (χ0) is 17.6. The van der Waals surface area contributed by atoms with E-state index in [0.717, 1.165) is 19.3 Å². The molecular weight excluding hydrogens is 320 g/mol. The molecule has 4 saturated carbocycles. The fourth-order valence-electron chi connectivity index (χ4n) is 5.57. The van der Waals surface area contributed by atoms with Crippen molar-refractivity contribution in [1.82, 2.24) is 0 Å². The van der Waals surface area contributed by atoms with E-state index in [2.05, 4.69) is 0 Å². The minimum Gasteiger partial charge on any atom is -0.493 e. The number of methoxy groups -OCH3 is 2. The third kappa shape index (κ3) is 2.79. The maximum absolute atomic E-state index is 13.0. The summed E-state index contributed by atoms with van der Waals surface area (Å²) in [5.41, 5.74) is 0.0507. The van der Waals surface area contributed by atoms with Gasteiger partial charge in [-0.25, -0.2) is 4.79 Å². The van der Waals surface area contributed by atoms with E-state index in [4.69, 9.17) is 14.2 Å². The molecule has 0 aromatic heterocycles. The highest BCUT2D eigenvalue weighted by Gasteiger charge is 2.55. The van der Waals surface area contributed by atoms with Crippen molar-refractivity contribution in [1.29, 1.82) is 0 Å². The van der Waals surface area contributed by atoms with E-state index in [1.807, 2.05) is 0 Å². The molecule has 0 radical (unpaired) electrons. The second-order valence-corrected chi connectivity index (χ2v) is 7.94. The van der Waals surface area contributed by atoms with Crippen molar-refractivity contribution in [2.75, 3.05) is 14.2 Å². The van der Waals surface area contributed by atoms with Crippen molar-refractivity contribution in [3.8, 4) is 11.5 Å². The van der Waals surface area contributed by atoms with Crippen molar-refractivity contribution < 1.29 is 23.8 Å². The molecule has 5 rings (SSSR count). The Balaban J connectivity index is 1.56. The van der Waals surface area contributed by atoms with Crippen LogP contribution in [0.25, 0.3) is 0 Å². The fraction of sp³-hybridized carbons (Fsp3) is 0.600. The molecule has 5 nitrogen and oxygen atoms in total. The highest BCUT2D eigenvalue weighted by atomic mass is 16.6. The molecular formula is C20H24O5. The van der Waals surface area contributed by atoms with Crippen LogP contribution in [-0.2, 0) is 9.53 Å². The molecule has 25 heavy (non-hydrogen) atoms. The van der Waals surface area contributed by atoms with Crippen molar-refractivity contribution in [3.63, 3.8) is 0 Å². The molecule has 0 atom stereocenters. The summed E-state index contributed by atoms with van der Waals surface area (Å²) in [5.74, 6) is 2.22. The van der Waals surface area contributed by atoms with E-state index in [0.29, 0.717) is 34.8 Å². The zero-order valence-electron chi connectivity index (χ0n) is 14.7. The first kappa shape index (κ1) is 16.4. The average molecular weight is 344 g/mol. The lowest BCUT2D eigenvalue weighted by Gasteiger charge is -2.55. The molecule has 0 amide bonds. The first-order valence-electron chi connectivity index (χ1n) is 9.01. The smallest absolute Gasteiger partial charge is 0.337 e. The first-order valence-corrected chi connectivity index (χ1v) is 9.01. The Hall–Kier alpha value is -2.04. The van der Waals surface area contributed by atoms with Gasteiger partial charge in [0.2, 0.25) is 0 Å². The summed E-state index contributed by atoms with van der Waals surface area (Å²) in [6.45, 7) is 0. The summed E-state index contributed by atoms with van der Waals surface area (Å²) in [4.78, 5) is 24.7. The summed E-state index contributed by atoms with van der Waals surface area (Å²) in [7, 11) is 2.83. The SMILES string of the molecule is COC(=O)c1ccc(OC(=O)C23CC4CC(CC(C4)C2)C3)c(OC)c1. The molecule has 0 saturated heterocycles. The standard InChI is InChI=1S/C20H24O5/c1-23-17-8-15(18(21)24-2)3-4-16(17)25-19(22)20-9-12-5-13(10-20)7-14(6-12)11-20/h3-4,8,12-14H,5-7,9-11H2,1-2H3. The molecule has 4 aliphatic carbocycles. The van der Waals surface area contributed by atoms with Crippen LogP contribution in [0.5, 0.6) is 11.5 Å². The zero-order valence-corrected chi connectivity index (χ0v) is 14.7. The summed E-state index contributed by atoms with van der Waals surface area (Å²) < 4.78 is 15.8. The number of hydrogen-bond acceptors (Lipinski definition) is 5. The molecule has 1 aromatic carbocycles. The lowest BCUT2D eigenvalue weighted by atomic mass is 9.49. The van der Waals surface area contributed by atoms with Gasteiger partial charge in [-0.05, 0) is 74.5 Å². The first-order chi connectivity index (χ1) is 12.0. The molecule has 4 fully saturated rings. The van der Waals surface area contributed by atoms with Gasteiger partial charge in [-0.3, -0.25) is 4.79 Å². The molecule has 0 unspecified atom stereocenters. The third-order valence-corrected chi connectivity index (χ3v) is 6.26. The Morgan fingerprint density at radius 2 is 1.56 bits per heavy atom. The quantitative estimate of drug-likeness (QED) is 0.617. The van der Waals surface area contributed by atoms with Gasteiger partial charge in [-0.2, -0.15) is 0 Å². The van der Waals surface area contributed by atoms with Crippen molar-refractivity contribution in [2.24, 2.45) is 23.2 Å². The second kappa shape index (κ2) is 6.04. The predicted molar refractivity (Wildman–Crippen MR) is 90.6 cm³/mol. The number of benzene rings is 1.